The maximum absolute atomic E-state index is 14.5. The van der Waals surface area contributed by atoms with Crippen molar-refractivity contribution in [2.24, 2.45) is 16.5 Å². The molecule has 4 atom stereocenters. The van der Waals surface area contributed by atoms with Crippen LogP contribution in [0.5, 0.6) is 5.75 Å². The highest BCUT2D eigenvalue weighted by molar-refractivity contribution is 5.92. The molecule has 0 spiro atoms. The number of piperidine rings is 1. The number of amides is 3. The number of hydrogen-bond donors (Lipinski definition) is 5. The van der Waals surface area contributed by atoms with Crippen molar-refractivity contribution in [2.45, 2.75) is 76.3 Å². The highest BCUT2D eigenvalue weighted by atomic mass is 19.1. The van der Waals surface area contributed by atoms with Crippen LogP contribution in [0.4, 0.5) is 4.39 Å². The zero-order valence-electron chi connectivity index (χ0n) is 29.3. The van der Waals surface area contributed by atoms with Crippen LogP contribution in [0.1, 0.15) is 49.3 Å². The molecule has 4 aromatic rings. The summed E-state index contributed by atoms with van der Waals surface area (Å²) in [4.78, 5) is 46.4. The van der Waals surface area contributed by atoms with E-state index < -0.39 is 29.7 Å². The van der Waals surface area contributed by atoms with Crippen LogP contribution in [0.15, 0.2) is 96.0 Å². The van der Waals surface area contributed by atoms with Gasteiger partial charge < -0.3 is 36.8 Å². The number of carbonyl (C=O) groups is 3. The lowest BCUT2D eigenvalue weighted by atomic mass is 9.93. The molecule has 0 aromatic heterocycles. The van der Waals surface area contributed by atoms with Gasteiger partial charge in [-0.05, 0) is 83.5 Å². The third-order valence-corrected chi connectivity index (χ3v) is 9.28. The number of ether oxygens (including phenoxy) is 1. The normalized spacial score (nSPS) is 16.8. The Morgan fingerprint density at radius 2 is 1.56 bits per heavy atom. The summed E-state index contributed by atoms with van der Waals surface area (Å²) in [6.07, 6.45) is 2.53. The van der Waals surface area contributed by atoms with Gasteiger partial charge in [0, 0.05) is 38.9 Å². The Balaban J connectivity index is 1.34. The minimum Gasteiger partial charge on any atom is -0.508 e. The van der Waals surface area contributed by atoms with Crippen LogP contribution in [-0.4, -0.2) is 71.0 Å². The van der Waals surface area contributed by atoms with Crippen LogP contribution >= 0.6 is 0 Å². The molecule has 7 N–H and O–H groups in total. The van der Waals surface area contributed by atoms with Gasteiger partial charge in [-0.25, -0.2) is 4.39 Å². The molecule has 274 valence electrons. The molecule has 5 rings (SSSR count). The van der Waals surface area contributed by atoms with Gasteiger partial charge in [-0.1, -0.05) is 60.7 Å². The number of nitrogens with two attached hydrogens (primary N) is 2. The van der Waals surface area contributed by atoms with E-state index in [0.717, 1.165) is 16.3 Å². The molecule has 1 fully saturated rings. The molecule has 52 heavy (non-hydrogen) atoms. The number of rotatable bonds is 15. The molecule has 0 aliphatic carbocycles. The summed E-state index contributed by atoms with van der Waals surface area (Å²) >= 11 is 0. The maximum atomic E-state index is 14.5. The molecular weight excluding hydrogens is 663 g/mol. The first-order chi connectivity index (χ1) is 25.0. The van der Waals surface area contributed by atoms with Crippen molar-refractivity contribution in [3.05, 3.63) is 114 Å². The predicted molar refractivity (Wildman–Crippen MR) is 199 cm³/mol. The van der Waals surface area contributed by atoms with Crippen LogP contribution in [0.3, 0.4) is 0 Å². The van der Waals surface area contributed by atoms with E-state index >= 15 is 0 Å². The molecule has 11 nitrogen and oxygen atoms in total. The number of carbonyl (C=O) groups excluding carboxylic acids is 3. The van der Waals surface area contributed by atoms with Gasteiger partial charge in [0.05, 0.1) is 12.7 Å². The number of likely N-dealkylation sites (tertiary alicyclic amines) is 1. The number of guanidine groups is 1. The first kappa shape index (κ1) is 37.8. The van der Waals surface area contributed by atoms with Gasteiger partial charge >= 0.3 is 0 Å². The second-order valence-electron chi connectivity index (χ2n) is 13.3. The zero-order chi connectivity index (χ0) is 37.0. The number of fused-ring (bicyclic) bond motifs is 1. The predicted octanol–water partition coefficient (Wildman–Crippen LogP) is 4.09. The van der Waals surface area contributed by atoms with Crippen LogP contribution < -0.4 is 22.1 Å². The van der Waals surface area contributed by atoms with E-state index in [2.05, 4.69) is 46.0 Å². The van der Waals surface area contributed by atoms with Crippen molar-refractivity contribution in [3.63, 3.8) is 0 Å². The Morgan fingerprint density at radius 3 is 2.25 bits per heavy atom. The van der Waals surface area contributed by atoms with E-state index in [0.29, 0.717) is 56.5 Å². The van der Waals surface area contributed by atoms with Crippen LogP contribution in [0, 0.1) is 5.82 Å². The van der Waals surface area contributed by atoms with Crippen LogP contribution in [0.25, 0.3) is 10.8 Å². The summed E-state index contributed by atoms with van der Waals surface area (Å²) in [5.41, 5.74) is 13.5. The van der Waals surface area contributed by atoms with Gasteiger partial charge in [0.1, 0.15) is 23.7 Å². The number of phenols is 1. The van der Waals surface area contributed by atoms with E-state index in [4.69, 9.17) is 16.2 Å². The summed E-state index contributed by atoms with van der Waals surface area (Å²) in [5.74, 6) is -1.58. The van der Waals surface area contributed by atoms with E-state index in [-0.39, 0.29) is 42.6 Å². The fourth-order valence-electron chi connectivity index (χ4n) is 6.66. The first-order valence-electron chi connectivity index (χ1n) is 17.6. The van der Waals surface area contributed by atoms with Gasteiger partial charge in [-0.2, -0.15) is 0 Å². The van der Waals surface area contributed by atoms with E-state index in [1.165, 1.54) is 31.2 Å². The second-order valence-corrected chi connectivity index (χ2v) is 13.3. The lowest BCUT2D eigenvalue weighted by molar-refractivity contribution is -0.143. The summed E-state index contributed by atoms with van der Waals surface area (Å²) in [6, 6.07) is 24.3. The van der Waals surface area contributed by atoms with Crippen molar-refractivity contribution in [3.8, 4) is 5.75 Å². The number of aromatic hydroxyl groups is 1. The van der Waals surface area contributed by atoms with Gasteiger partial charge in [-0.3, -0.25) is 19.4 Å². The summed E-state index contributed by atoms with van der Waals surface area (Å²) < 4.78 is 20.2. The Bertz CT molecular complexity index is 1850. The zero-order valence-corrected chi connectivity index (χ0v) is 29.3. The largest absolute Gasteiger partial charge is 0.508 e. The Hall–Kier alpha value is -5.49. The van der Waals surface area contributed by atoms with Crippen molar-refractivity contribution in [2.75, 3.05) is 13.1 Å². The highest BCUT2D eigenvalue weighted by Crippen LogP contribution is 2.27. The minimum absolute atomic E-state index is 0.00345. The van der Waals surface area contributed by atoms with E-state index in [1.807, 2.05) is 12.1 Å². The maximum Gasteiger partial charge on any atom is 0.245 e. The molecular formula is C40H47FN6O5. The molecule has 1 aliphatic heterocycles. The highest BCUT2D eigenvalue weighted by Gasteiger charge is 2.36. The second kappa shape index (κ2) is 18.1. The minimum atomic E-state index is -1.01. The molecule has 0 radical (unpaired) electrons. The van der Waals surface area contributed by atoms with Crippen LogP contribution in [0.2, 0.25) is 0 Å². The van der Waals surface area contributed by atoms with Crippen molar-refractivity contribution in [1.29, 1.82) is 0 Å². The number of nitrogens with zero attached hydrogens (tertiary/aromatic N) is 2. The SMILES string of the molecule is CC(=O)NC(Cc1ccc(O)cc1)C(=O)NC(Cc1ccc(F)cc1)C(=O)N1CCC(OCc2ccc3ccccc3c2)CC1CCCN=C(N)N. The fourth-order valence-corrected chi connectivity index (χ4v) is 6.66. The molecule has 0 saturated carbocycles. The van der Waals surface area contributed by atoms with Crippen molar-refractivity contribution in [1.82, 2.24) is 15.5 Å². The fraction of sp³-hybridized carbons (Fsp3) is 0.350. The molecule has 3 amide bonds. The standard InChI is InChI=1S/C40H47FN6O5/c1-26(48)45-36(22-28-11-16-34(49)17-12-28)38(50)46-37(23-27-9-14-32(41)15-10-27)39(51)47-20-18-35(24-33(47)7-4-19-44-40(42)43)52-25-29-8-13-30-5-2-3-6-31(30)21-29/h2-3,5-6,8-17,21,33,35-37,49H,4,7,18-20,22-25H2,1H3,(H,45,48)(H,46,50)(H4,42,43,44). The van der Waals surface area contributed by atoms with E-state index in [1.54, 1.807) is 29.2 Å². The van der Waals surface area contributed by atoms with Gasteiger partial charge in [0.2, 0.25) is 17.7 Å². The number of phenolic OH excluding ortho intramolecular Hbond substituents is 1. The molecule has 1 saturated heterocycles. The van der Waals surface area contributed by atoms with Crippen molar-refractivity contribution >= 4 is 34.5 Å². The molecule has 12 heteroatoms. The summed E-state index contributed by atoms with van der Waals surface area (Å²) in [5, 5.41) is 17.6. The third kappa shape index (κ3) is 11.0. The van der Waals surface area contributed by atoms with Gasteiger partial charge in [0.25, 0.3) is 0 Å². The average molecular weight is 711 g/mol. The topological polar surface area (TPSA) is 172 Å². The summed E-state index contributed by atoms with van der Waals surface area (Å²) in [7, 11) is 0. The lowest BCUT2D eigenvalue weighted by Gasteiger charge is -2.41. The smallest absolute Gasteiger partial charge is 0.245 e. The number of halogens is 1. The molecule has 0 bridgehead atoms. The Labute approximate surface area is 303 Å². The van der Waals surface area contributed by atoms with E-state index in [9.17, 15) is 23.9 Å². The number of nitrogens with one attached hydrogen (secondary N) is 2. The average Bonchev–Trinajstić information content (AvgIpc) is 3.13. The number of benzene rings is 4. The number of aliphatic imine (C=N–C) groups is 1. The quantitative estimate of drug-likeness (QED) is 0.0703. The molecule has 4 aromatic carbocycles. The first-order valence-corrected chi connectivity index (χ1v) is 17.6. The monoisotopic (exact) mass is 710 g/mol. The molecule has 1 heterocycles. The third-order valence-electron chi connectivity index (χ3n) is 9.28. The van der Waals surface area contributed by atoms with Crippen LogP contribution in [-0.2, 0) is 38.6 Å². The Kier molecular flexibility index (Phi) is 13.2. The van der Waals surface area contributed by atoms with Gasteiger partial charge in [-0.15, -0.1) is 0 Å². The van der Waals surface area contributed by atoms with Gasteiger partial charge in [0.15, 0.2) is 5.96 Å². The molecule has 4 unspecified atom stereocenters. The lowest BCUT2D eigenvalue weighted by Crippen LogP contribution is -2.58. The molecule has 1 aliphatic rings. The number of hydrogen-bond acceptors (Lipinski definition) is 6. The van der Waals surface area contributed by atoms with Crippen molar-refractivity contribution < 1.29 is 28.6 Å². The Morgan fingerprint density at radius 1 is 0.904 bits per heavy atom. The summed E-state index contributed by atoms with van der Waals surface area (Å²) in [6.45, 7) is 2.54.